The van der Waals surface area contributed by atoms with Gasteiger partial charge >= 0.3 is 0 Å². The zero-order valence-electron chi connectivity index (χ0n) is 19.8. The molecule has 180 valence electrons. The fourth-order valence-electron chi connectivity index (χ4n) is 3.97. The van der Waals surface area contributed by atoms with Crippen LogP contribution in [-0.2, 0) is 6.54 Å². The number of nitrogens with one attached hydrogen (secondary N) is 3. The van der Waals surface area contributed by atoms with Gasteiger partial charge in [0.05, 0.1) is 19.7 Å². The van der Waals surface area contributed by atoms with Crippen LogP contribution in [0.5, 0.6) is 5.75 Å². The summed E-state index contributed by atoms with van der Waals surface area (Å²) in [7, 11) is 3.34. The van der Waals surface area contributed by atoms with E-state index >= 15 is 0 Å². The predicted molar refractivity (Wildman–Crippen MR) is 145 cm³/mol. The number of carbonyl (C=O) groups excluding carboxylic acids is 1. The quantitative estimate of drug-likeness (QED) is 0.246. The molecule has 0 bridgehead atoms. The van der Waals surface area contributed by atoms with Gasteiger partial charge < -0.3 is 20.7 Å². The van der Waals surface area contributed by atoms with Gasteiger partial charge in [-0.3, -0.25) is 9.69 Å². The first kappa shape index (κ1) is 26.9. The minimum absolute atomic E-state index is 0. The van der Waals surface area contributed by atoms with Crippen molar-refractivity contribution >= 4 is 35.8 Å². The Bertz CT molecular complexity index is 898. The minimum Gasteiger partial charge on any atom is -0.497 e. The normalized spacial score (nSPS) is 14.8. The van der Waals surface area contributed by atoms with Crippen LogP contribution in [0.1, 0.15) is 47.3 Å². The summed E-state index contributed by atoms with van der Waals surface area (Å²) in [6, 6.07) is 16.1. The fourth-order valence-corrected chi connectivity index (χ4v) is 3.97. The van der Waals surface area contributed by atoms with E-state index in [1.165, 1.54) is 18.4 Å². The molecule has 1 aliphatic rings. The number of rotatable bonds is 9. The molecule has 0 spiro atoms. The van der Waals surface area contributed by atoms with Crippen LogP contribution in [0.2, 0.25) is 0 Å². The highest BCUT2D eigenvalue weighted by Gasteiger charge is 2.24. The van der Waals surface area contributed by atoms with E-state index in [9.17, 15) is 4.79 Å². The maximum atomic E-state index is 11.7. The third kappa shape index (κ3) is 7.89. The molecule has 7 nitrogen and oxygen atoms in total. The highest BCUT2D eigenvalue weighted by molar-refractivity contribution is 14.0. The third-order valence-corrected chi connectivity index (χ3v) is 5.73. The molecule has 1 heterocycles. The predicted octanol–water partition coefficient (Wildman–Crippen LogP) is 3.57. The molecule has 2 aromatic rings. The average molecular weight is 566 g/mol. The Balaban J connectivity index is 0.00000385. The van der Waals surface area contributed by atoms with E-state index in [1.807, 2.05) is 30.3 Å². The molecule has 0 aliphatic carbocycles. The van der Waals surface area contributed by atoms with Gasteiger partial charge in [0, 0.05) is 25.7 Å². The summed E-state index contributed by atoms with van der Waals surface area (Å²) in [6.07, 6.45) is 2.47. The van der Waals surface area contributed by atoms with Crippen LogP contribution < -0.4 is 20.7 Å². The van der Waals surface area contributed by atoms with Crippen molar-refractivity contribution in [2.45, 2.75) is 32.4 Å². The van der Waals surface area contributed by atoms with Crippen molar-refractivity contribution in [2.24, 2.45) is 4.99 Å². The van der Waals surface area contributed by atoms with Gasteiger partial charge in [-0.2, -0.15) is 0 Å². The smallest absolute Gasteiger partial charge is 0.251 e. The second-order valence-corrected chi connectivity index (χ2v) is 7.89. The summed E-state index contributed by atoms with van der Waals surface area (Å²) >= 11 is 0. The molecule has 1 atom stereocenters. The summed E-state index contributed by atoms with van der Waals surface area (Å²) in [6.45, 7) is 6.36. The van der Waals surface area contributed by atoms with Crippen LogP contribution in [0.3, 0.4) is 0 Å². The number of methoxy groups -OCH3 is 1. The number of hydrogen-bond acceptors (Lipinski definition) is 4. The molecular formula is C25H36IN5O2. The Labute approximate surface area is 214 Å². The Morgan fingerprint density at radius 3 is 2.48 bits per heavy atom. The molecule has 0 aromatic heterocycles. The average Bonchev–Trinajstić information content (AvgIpc) is 3.37. The Hall–Kier alpha value is -2.33. The third-order valence-electron chi connectivity index (χ3n) is 5.73. The number of carbonyl (C=O) groups is 1. The van der Waals surface area contributed by atoms with Gasteiger partial charge in [0.1, 0.15) is 5.75 Å². The van der Waals surface area contributed by atoms with E-state index in [0.717, 1.165) is 43.5 Å². The highest BCUT2D eigenvalue weighted by atomic mass is 127. The van der Waals surface area contributed by atoms with Gasteiger partial charge in [-0.05, 0) is 68.2 Å². The number of amides is 1. The van der Waals surface area contributed by atoms with Crippen LogP contribution in [0, 0.1) is 0 Å². The monoisotopic (exact) mass is 565 g/mol. The first-order valence-corrected chi connectivity index (χ1v) is 11.4. The Kier molecular flexibility index (Phi) is 11.5. The van der Waals surface area contributed by atoms with Crippen LogP contribution in [0.4, 0.5) is 0 Å². The number of guanidine groups is 1. The van der Waals surface area contributed by atoms with Crippen molar-refractivity contribution in [3.8, 4) is 5.75 Å². The minimum atomic E-state index is -0.0828. The molecule has 1 aliphatic heterocycles. The van der Waals surface area contributed by atoms with Crippen molar-refractivity contribution in [2.75, 3.05) is 40.3 Å². The lowest BCUT2D eigenvalue weighted by molar-refractivity contribution is 0.0963. The zero-order valence-corrected chi connectivity index (χ0v) is 22.1. The number of hydrogen-bond donors (Lipinski definition) is 3. The van der Waals surface area contributed by atoms with Gasteiger partial charge in [0.2, 0.25) is 0 Å². The van der Waals surface area contributed by atoms with E-state index in [0.29, 0.717) is 12.1 Å². The van der Waals surface area contributed by atoms with Crippen molar-refractivity contribution in [3.63, 3.8) is 0 Å². The number of ether oxygens (including phenoxy) is 1. The molecule has 1 saturated heterocycles. The highest BCUT2D eigenvalue weighted by Crippen LogP contribution is 2.27. The molecule has 2 aromatic carbocycles. The number of nitrogens with zero attached hydrogens (tertiary/aromatic N) is 2. The molecule has 8 heteroatoms. The second kappa shape index (κ2) is 14.0. The molecule has 3 N–H and O–H groups in total. The fraction of sp³-hybridized carbons (Fsp3) is 0.440. The van der Waals surface area contributed by atoms with Crippen LogP contribution >= 0.6 is 24.0 Å². The van der Waals surface area contributed by atoms with Gasteiger partial charge in [-0.15, -0.1) is 24.0 Å². The first-order valence-electron chi connectivity index (χ1n) is 11.4. The van der Waals surface area contributed by atoms with Gasteiger partial charge in [-0.1, -0.05) is 24.3 Å². The number of halogens is 1. The van der Waals surface area contributed by atoms with E-state index < -0.39 is 0 Å². The molecule has 1 amide bonds. The summed E-state index contributed by atoms with van der Waals surface area (Å²) in [5.74, 6) is 1.59. The molecule has 1 unspecified atom stereocenters. The lowest BCUT2D eigenvalue weighted by Crippen LogP contribution is -2.42. The second-order valence-electron chi connectivity index (χ2n) is 7.89. The Morgan fingerprint density at radius 1 is 1.12 bits per heavy atom. The zero-order chi connectivity index (χ0) is 22.8. The van der Waals surface area contributed by atoms with Crippen molar-refractivity contribution in [1.82, 2.24) is 20.9 Å². The van der Waals surface area contributed by atoms with Crippen LogP contribution in [0.25, 0.3) is 0 Å². The number of likely N-dealkylation sites (tertiary alicyclic amines) is 1. The van der Waals surface area contributed by atoms with Gasteiger partial charge in [-0.25, -0.2) is 4.99 Å². The topological polar surface area (TPSA) is 78.0 Å². The lowest BCUT2D eigenvalue weighted by Gasteiger charge is -2.29. The summed E-state index contributed by atoms with van der Waals surface area (Å²) in [5.41, 5.74) is 2.95. The maximum Gasteiger partial charge on any atom is 0.251 e. The van der Waals surface area contributed by atoms with Crippen molar-refractivity contribution < 1.29 is 9.53 Å². The standard InChI is InChI=1S/C25H35N5O2.HI/c1-4-27-25(28-17-19-10-12-20(13-11-19)24(31)26-2)29-18-23(30-14-5-6-15-30)21-8-7-9-22(16-21)32-3;/h7-13,16,23H,4-6,14-15,17-18H2,1-3H3,(H,26,31)(H2,27,28,29);1H. The molecule has 3 rings (SSSR count). The van der Waals surface area contributed by atoms with Crippen LogP contribution in [-0.4, -0.2) is 57.1 Å². The van der Waals surface area contributed by atoms with E-state index in [4.69, 9.17) is 9.73 Å². The van der Waals surface area contributed by atoms with Gasteiger partial charge in [0.25, 0.3) is 5.91 Å². The number of aliphatic imine (C=N–C) groups is 1. The largest absolute Gasteiger partial charge is 0.497 e. The van der Waals surface area contributed by atoms with Crippen molar-refractivity contribution in [3.05, 3.63) is 65.2 Å². The van der Waals surface area contributed by atoms with E-state index in [2.05, 4.69) is 46.0 Å². The first-order chi connectivity index (χ1) is 15.6. The lowest BCUT2D eigenvalue weighted by atomic mass is 10.1. The molecule has 0 saturated carbocycles. The Morgan fingerprint density at radius 2 is 1.85 bits per heavy atom. The molecule has 0 radical (unpaired) electrons. The summed E-state index contributed by atoms with van der Waals surface area (Å²) < 4.78 is 5.45. The molecule has 33 heavy (non-hydrogen) atoms. The molecule has 1 fully saturated rings. The number of benzene rings is 2. The summed E-state index contributed by atoms with van der Waals surface area (Å²) in [4.78, 5) is 19.0. The summed E-state index contributed by atoms with van der Waals surface area (Å²) in [5, 5.41) is 9.52. The maximum absolute atomic E-state index is 11.7. The van der Waals surface area contributed by atoms with Gasteiger partial charge in [0.15, 0.2) is 5.96 Å². The van der Waals surface area contributed by atoms with E-state index in [-0.39, 0.29) is 35.9 Å². The van der Waals surface area contributed by atoms with Crippen molar-refractivity contribution in [1.29, 1.82) is 0 Å². The van der Waals surface area contributed by atoms with E-state index in [1.54, 1.807) is 14.2 Å². The van der Waals surface area contributed by atoms with Crippen LogP contribution in [0.15, 0.2) is 53.5 Å². The molecular weight excluding hydrogens is 529 g/mol. The SMILES string of the molecule is CCNC(=NCc1ccc(C(=O)NC)cc1)NCC(c1cccc(OC)c1)N1CCCC1.I.